The first-order valence-electron chi connectivity index (χ1n) is 9.29. The van der Waals surface area contributed by atoms with Crippen molar-refractivity contribution < 1.29 is 0 Å². The van der Waals surface area contributed by atoms with Gasteiger partial charge in [0.1, 0.15) is 11.1 Å². The molecule has 0 saturated heterocycles. The second kappa shape index (κ2) is 9.36. The molecule has 0 radical (unpaired) electrons. The van der Waals surface area contributed by atoms with Gasteiger partial charge in [0.05, 0.1) is 11.3 Å². The second-order valence-corrected chi connectivity index (χ2v) is 8.35. The van der Waals surface area contributed by atoms with Crippen LogP contribution in [0.4, 0.5) is 0 Å². The van der Waals surface area contributed by atoms with Crippen LogP contribution in [0.25, 0.3) is 22.4 Å². The van der Waals surface area contributed by atoms with E-state index < -0.39 is 0 Å². The SMILES string of the molecule is N#Cc1c(-c2ccccc2)cc(-c2ccccc2)nc1SCc1c(Cl)cccc1Cl. The summed E-state index contributed by atoms with van der Waals surface area (Å²) in [5.74, 6) is 0.520. The van der Waals surface area contributed by atoms with Gasteiger partial charge in [-0.05, 0) is 29.3 Å². The standard InChI is InChI=1S/C25H16Cl2N2S/c26-22-12-7-13-23(27)21(22)16-30-25-20(15-28)19(17-8-3-1-4-9-17)14-24(29-25)18-10-5-2-6-11-18/h1-14H,16H2. The maximum absolute atomic E-state index is 9.97. The van der Waals surface area contributed by atoms with Gasteiger partial charge >= 0.3 is 0 Å². The minimum absolute atomic E-state index is 0.520. The van der Waals surface area contributed by atoms with Gasteiger partial charge in [0.25, 0.3) is 0 Å². The summed E-state index contributed by atoms with van der Waals surface area (Å²) in [5, 5.41) is 11.8. The molecule has 0 aliphatic heterocycles. The molecule has 30 heavy (non-hydrogen) atoms. The van der Waals surface area contributed by atoms with Crippen LogP contribution in [0.1, 0.15) is 11.1 Å². The number of pyridine rings is 1. The molecule has 0 fully saturated rings. The molecule has 0 aliphatic carbocycles. The lowest BCUT2D eigenvalue weighted by molar-refractivity contribution is 1.12. The highest BCUT2D eigenvalue weighted by Gasteiger charge is 2.17. The van der Waals surface area contributed by atoms with E-state index >= 15 is 0 Å². The highest BCUT2D eigenvalue weighted by Crippen LogP contribution is 2.37. The quantitative estimate of drug-likeness (QED) is 0.292. The first-order chi connectivity index (χ1) is 14.7. The van der Waals surface area contributed by atoms with Crippen molar-refractivity contribution in [3.05, 3.63) is 106 Å². The largest absolute Gasteiger partial charge is 0.240 e. The number of aromatic nitrogens is 1. The summed E-state index contributed by atoms with van der Waals surface area (Å²) in [4.78, 5) is 4.83. The summed E-state index contributed by atoms with van der Waals surface area (Å²) >= 11 is 14.1. The minimum Gasteiger partial charge on any atom is -0.240 e. The summed E-state index contributed by atoms with van der Waals surface area (Å²) in [6.07, 6.45) is 0. The molecule has 0 spiro atoms. The van der Waals surface area contributed by atoms with Crippen LogP contribution >= 0.6 is 35.0 Å². The number of halogens is 2. The molecule has 4 rings (SSSR count). The molecule has 3 aromatic carbocycles. The molecule has 0 saturated carbocycles. The molecule has 0 atom stereocenters. The van der Waals surface area contributed by atoms with Crippen LogP contribution in [0.2, 0.25) is 10.0 Å². The molecule has 0 unspecified atom stereocenters. The fraction of sp³-hybridized carbons (Fsp3) is 0.0400. The Hall–Kier alpha value is -2.77. The molecule has 2 nitrogen and oxygen atoms in total. The van der Waals surface area contributed by atoms with Gasteiger partial charge in [0, 0.05) is 26.9 Å². The molecular formula is C25H16Cl2N2S. The Kier molecular flexibility index (Phi) is 6.40. The Morgan fingerprint density at radius 2 is 1.40 bits per heavy atom. The average molecular weight is 447 g/mol. The molecule has 146 valence electrons. The fourth-order valence-corrected chi connectivity index (χ4v) is 4.89. The van der Waals surface area contributed by atoms with Crippen molar-refractivity contribution >= 4 is 35.0 Å². The van der Waals surface area contributed by atoms with Crippen molar-refractivity contribution in [3.8, 4) is 28.5 Å². The van der Waals surface area contributed by atoms with E-state index in [9.17, 15) is 5.26 Å². The van der Waals surface area contributed by atoms with E-state index in [1.165, 1.54) is 11.8 Å². The number of hydrogen-bond acceptors (Lipinski definition) is 3. The van der Waals surface area contributed by atoms with Gasteiger partial charge in [0.15, 0.2) is 0 Å². The predicted molar refractivity (Wildman–Crippen MR) is 126 cm³/mol. The Bertz CT molecular complexity index is 1200. The maximum atomic E-state index is 9.97. The van der Waals surface area contributed by atoms with Crippen LogP contribution in [0.5, 0.6) is 0 Å². The normalized spacial score (nSPS) is 10.6. The number of rotatable bonds is 5. The molecule has 0 aliphatic rings. The zero-order valence-electron chi connectivity index (χ0n) is 15.8. The molecule has 5 heteroatoms. The van der Waals surface area contributed by atoms with Gasteiger partial charge in [-0.25, -0.2) is 4.98 Å². The lowest BCUT2D eigenvalue weighted by Gasteiger charge is -2.13. The van der Waals surface area contributed by atoms with Crippen molar-refractivity contribution in [3.63, 3.8) is 0 Å². The molecule has 0 N–H and O–H groups in total. The summed E-state index contributed by atoms with van der Waals surface area (Å²) in [6, 6.07) is 29.7. The van der Waals surface area contributed by atoms with E-state index in [4.69, 9.17) is 28.2 Å². The average Bonchev–Trinajstić information content (AvgIpc) is 2.79. The lowest BCUT2D eigenvalue weighted by Crippen LogP contribution is -1.96. The number of thioether (sulfide) groups is 1. The van der Waals surface area contributed by atoms with Crippen LogP contribution in [0.15, 0.2) is 90.0 Å². The van der Waals surface area contributed by atoms with Crippen molar-refractivity contribution in [2.75, 3.05) is 0 Å². The van der Waals surface area contributed by atoms with Crippen LogP contribution in [0, 0.1) is 11.3 Å². The third-order valence-electron chi connectivity index (χ3n) is 4.67. The maximum Gasteiger partial charge on any atom is 0.115 e. The highest BCUT2D eigenvalue weighted by atomic mass is 35.5. The third-order valence-corrected chi connectivity index (χ3v) is 6.38. The number of hydrogen-bond donors (Lipinski definition) is 0. The number of nitrogens with zero attached hydrogens (tertiary/aromatic N) is 2. The highest BCUT2D eigenvalue weighted by molar-refractivity contribution is 7.98. The Morgan fingerprint density at radius 1 is 0.800 bits per heavy atom. The van der Waals surface area contributed by atoms with Crippen LogP contribution < -0.4 is 0 Å². The van der Waals surface area contributed by atoms with Crippen molar-refractivity contribution in [1.29, 1.82) is 5.26 Å². The van der Waals surface area contributed by atoms with E-state index in [1.807, 2.05) is 84.9 Å². The van der Waals surface area contributed by atoms with E-state index in [0.717, 1.165) is 27.9 Å². The van der Waals surface area contributed by atoms with Gasteiger partial charge in [0.2, 0.25) is 0 Å². The summed E-state index contributed by atoms with van der Waals surface area (Å²) in [7, 11) is 0. The van der Waals surface area contributed by atoms with E-state index in [0.29, 0.717) is 26.4 Å². The van der Waals surface area contributed by atoms with Gasteiger partial charge in [-0.1, -0.05) is 89.9 Å². The monoisotopic (exact) mass is 446 g/mol. The summed E-state index contributed by atoms with van der Waals surface area (Å²) in [6.45, 7) is 0. The van der Waals surface area contributed by atoms with E-state index in [-0.39, 0.29) is 0 Å². The summed E-state index contributed by atoms with van der Waals surface area (Å²) in [5.41, 5.74) is 5.04. The van der Waals surface area contributed by atoms with E-state index in [1.54, 1.807) is 0 Å². The van der Waals surface area contributed by atoms with Gasteiger partial charge < -0.3 is 0 Å². The molecule has 0 bridgehead atoms. The Labute approximate surface area is 190 Å². The topological polar surface area (TPSA) is 36.7 Å². The van der Waals surface area contributed by atoms with Crippen LogP contribution in [0.3, 0.4) is 0 Å². The van der Waals surface area contributed by atoms with Crippen molar-refractivity contribution in [1.82, 2.24) is 4.98 Å². The molecule has 0 amide bonds. The smallest absolute Gasteiger partial charge is 0.115 e. The molecule has 1 heterocycles. The number of benzene rings is 3. The lowest BCUT2D eigenvalue weighted by atomic mass is 9.99. The van der Waals surface area contributed by atoms with Crippen LogP contribution in [-0.4, -0.2) is 4.98 Å². The van der Waals surface area contributed by atoms with Gasteiger partial charge in [-0.2, -0.15) is 5.26 Å². The molecular weight excluding hydrogens is 431 g/mol. The van der Waals surface area contributed by atoms with E-state index in [2.05, 4.69) is 6.07 Å². The van der Waals surface area contributed by atoms with Crippen molar-refractivity contribution in [2.24, 2.45) is 0 Å². The zero-order valence-corrected chi connectivity index (χ0v) is 18.2. The third kappa shape index (κ3) is 4.37. The van der Waals surface area contributed by atoms with Gasteiger partial charge in [-0.15, -0.1) is 11.8 Å². The Balaban J connectivity index is 1.83. The fourth-order valence-electron chi connectivity index (χ4n) is 3.15. The first-order valence-corrected chi connectivity index (χ1v) is 11.0. The summed E-state index contributed by atoms with van der Waals surface area (Å²) < 4.78 is 0. The number of nitriles is 1. The van der Waals surface area contributed by atoms with Gasteiger partial charge in [-0.3, -0.25) is 0 Å². The zero-order chi connectivity index (χ0) is 20.9. The van der Waals surface area contributed by atoms with Crippen LogP contribution in [-0.2, 0) is 5.75 Å². The predicted octanol–water partition coefficient (Wildman–Crippen LogP) is 7.89. The molecule has 4 aromatic rings. The first kappa shape index (κ1) is 20.5. The Morgan fingerprint density at radius 3 is 2.00 bits per heavy atom. The molecule has 1 aromatic heterocycles. The van der Waals surface area contributed by atoms with Crippen molar-refractivity contribution in [2.45, 2.75) is 10.8 Å². The second-order valence-electron chi connectivity index (χ2n) is 6.57. The minimum atomic E-state index is 0.520.